The number of rotatable bonds is 5. The number of amides is 2. The highest BCUT2D eigenvalue weighted by molar-refractivity contribution is 6.04. The van der Waals surface area contributed by atoms with Gasteiger partial charge in [0.25, 0.3) is 5.91 Å². The molecular weight excluding hydrogens is 314 g/mol. The van der Waals surface area contributed by atoms with E-state index in [9.17, 15) is 9.59 Å². The maximum atomic E-state index is 12.4. The van der Waals surface area contributed by atoms with Gasteiger partial charge in [0.15, 0.2) is 0 Å². The van der Waals surface area contributed by atoms with Crippen molar-refractivity contribution in [3.63, 3.8) is 0 Å². The first-order chi connectivity index (χ1) is 12.0. The molecule has 0 radical (unpaired) electrons. The van der Waals surface area contributed by atoms with Crippen LogP contribution in [0.4, 0.5) is 17.1 Å². The van der Waals surface area contributed by atoms with Gasteiger partial charge >= 0.3 is 0 Å². The quantitative estimate of drug-likeness (QED) is 0.775. The van der Waals surface area contributed by atoms with Gasteiger partial charge in [-0.15, -0.1) is 0 Å². The van der Waals surface area contributed by atoms with Crippen molar-refractivity contribution in [2.45, 2.75) is 26.7 Å². The summed E-state index contributed by atoms with van der Waals surface area (Å²) in [6.45, 7) is 4.94. The van der Waals surface area contributed by atoms with Gasteiger partial charge in [-0.3, -0.25) is 9.59 Å². The molecule has 0 fully saturated rings. The average molecular weight is 337 g/mol. The molecule has 0 aromatic heterocycles. The van der Waals surface area contributed by atoms with Gasteiger partial charge in [0.1, 0.15) is 0 Å². The standard InChI is InChI=1S/C20H23N3O2/c1-13(2)11-19(24)22-16-4-6-17(7-5-16)23-20(25)15-3-8-18-14(12-15)9-10-21-18/h3-8,12-13,21H,9-11H2,1-2H3,(H,22,24)(H,23,25). The summed E-state index contributed by atoms with van der Waals surface area (Å²) >= 11 is 0. The SMILES string of the molecule is CC(C)CC(=O)Nc1ccc(NC(=O)c2ccc3c(c2)CCN3)cc1. The molecule has 2 aromatic carbocycles. The highest BCUT2D eigenvalue weighted by Crippen LogP contribution is 2.23. The third-order valence-electron chi connectivity index (χ3n) is 4.10. The highest BCUT2D eigenvalue weighted by atomic mass is 16.2. The summed E-state index contributed by atoms with van der Waals surface area (Å²) < 4.78 is 0. The third-order valence-corrected chi connectivity index (χ3v) is 4.10. The zero-order valence-corrected chi connectivity index (χ0v) is 14.6. The summed E-state index contributed by atoms with van der Waals surface area (Å²) in [4.78, 5) is 24.2. The Labute approximate surface area is 147 Å². The van der Waals surface area contributed by atoms with Gasteiger partial charge < -0.3 is 16.0 Å². The third kappa shape index (κ3) is 4.38. The van der Waals surface area contributed by atoms with E-state index in [4.69, 9.17) is 0 Å². The summed E-state index contributed by atoms with van der Waals surface area (Å²) in [5, 5.41) is 9.03. The monoisotopic (exact) mass is 337 g/mol. The molecule has 0 aliphatic carbocycles. The lowest BCUT2D eigenvalue weighted by molar-refractivity contribution is -0.116. The molecule has 1 aliphatic heterocycles. The zero-order chi connectivity index (χ0) is 17.8. The van der Waals surface area contributed by atoms with Crippen molar-refractivity contribution in [3.05, 3.63) is 53.6 Å². The van der Waals surface area contributed by atoms with Crippen LogP contribution in [-0.2, 0) is 11.2 Å². The van der Waals surface area contributed by atoms with Gasteiger partial charge in [-0.05, 0) is 60.4 Å². The fourth-order valence-electron chi connectivity index (χ4n) is 2.87. The maximum Gasteiger partial charge on any atom is 0.255 e. The van der Waals surface area contributed by atoms with E-state index >= 15 is 0 Å². The number of fused-ring (bicyclic) bond motifs is 1. The van der Waals surface area contributed by atoms with Gasteiger partial charge in [-0.1, -0.05) is 13.8 Å². The summed E-state index contributed by atoms with van der Waals surface area (Å²) in [5.74, 6) is 0.186. The molecule has 1 aliphatic rings. The van der Waals surface area contributed by atoms with Crippen LogP contribution in [-0.4, -0.2) is 18.4 Å². The molecule has 5 nitrogen and oxygen atoms in total. The van der Waals surface area contributed by atoms with E-state index < -0.39 is 0 Å². The van der Waals surface area contributed by atoms with Crippen molar-refractivity contribution in [2.75, 3.05) is 22.5 Å². The molecule has 5 heteroatoms. The summed E-state index contributed by atoms with van der Waals surface area (Å²) in [7, 11) is 0. The predicted molar refractivity (Wildman–Crippen MR) is 101 cm³/mol. The van der Waals surface area contributed by atoms with Crippen LogP contribution in [0.5, 0.6) is 0 Å². The van der Waals surface area contributed by atoms with Crippen molar-refractivity contribution in [1.29, 1.82) is 0 Å². The van der Waals surface area contributed by atoms with Gasteiger partial charge in [0, 0.05) is 35.6 Å². The second kappa shape index (κ2) is 7.38. The number of carbonyl (C=O) groups is 2. The van der Waals surface area contributed by atoms with Crippen LogP contribution in [0.1, 0.15) is 36.2 Å². The molecule has 3 N–H and O–H groups in total. The molecule has 0 saturated carbocycles. The fourth-order valence-corrected chi connectivity index (χ4v) is 2.87. The normalized spacial score (nSPS) is 12.4. The smallest absolute Gasteiger partial charge is 0.255 e. The Morgan fingerprint density at radius 1 is 1.04 bits per heavy atom. The minimum absolute atomic E-state index is 0.00136. The minimum atomic E-state index is -0.133. The van der Waals surface area contributed by atoms with Crippen LogP contribution in [0.2, 0.25) is 0 Å². The van der Waals surface area contributed by atoms with Crippen LogP contribution in [0.3, 0.4) is 0 Å². The van der Waals surface area contributed by atoms with E-state index in [0.29, 0.717) is 23.6 Å². The highest BCUT2D eigenvalue weighted by Gasteiger charge is 2.13. The molecule has 0 unspecified atom stereocenters. The van der Waals surface area contributed by atoms with Crippen LogP contribution in [0.25, 0.3) is 0 Å². The first-order valence-electron chi connectivity index (χ1n) is 8.59. The first-order valence-corrected chi connectivity index (χ1v) is 8.59. The molecule has 130 valence electrons. The van der Waals surface area contributed by atoms with Crippen molar-refractivity contribution in [2.24, 2.45) is 5.92 Å². The van der Waals surface area contributed by atoms with Crippen molar-refractivity contribution in [3.8, 4) is 0 Å². The van der Waals surface area contributed by atoms with E-state index in [1.54, 1.807) is 24.3 Å². The maximum absolute atomic E-state index is 12.4. The average Bonchev–Trinajstić information content (AvgIpc) is 3.03. The van der Waals surface area contributed by atoms with Gasteiger partial charge in [-0.2, -0.15) is 0 Å². The number of benzene rings is 2. The second-order valence-corrected chi connectivity index (χ2v) is 6.73. The number of hydrogen-bond donors (Lipinski definition) is 3. The van der Waals surface area contributed by atoms with Crippen LogP contribution in [0.15, 0.2) is 42.5 Å². The molecule has 0 atom stereocenters. The molecule has 2 amide bonds. The number of carbonyl (C=O) groups excluding carboxylic acids is 2. The van der Waals surface area contributed by atoms with Crippen molar-refractivity contribution in [1.82, 2.24) is 0 Å². The Kier molecular flexibility index (Phi) is 5.03. The number of nitrogens with one attached hydrogen (secondary N) is 3. The Hall–Kier alpha value is -2.82. The van der Waals surface area contributed by atoms with Gasteiger partial charge in [0.05, 0.1) is 0 Å². The number of hydrogen-bond acceptors (Lipinski definition) is 3. The lowest BCUT2D eigenvalue weighted by Crippen LogP contribution is -2.14. The van der Waals surface area contributed by atoms with E-state index in [1.165, 1.54) is 5.56 Å². The van der Waals surface area contributed by atoms with Crippen LogP contribution in [0, 0.1) is 5.92 Å². The fraction of sp³-hybridized carbons (Fsp3) is 0.300. The molecule has 0 saturated heterocycles. The summed E-state index contributed by atoms with van der Waals surface area (Å²) in [5.41, 5.74) is 4.36. The van der Waals surface area contributed by atoms with Gasteiger partial charge in [0.2, 0.25) is 5.91 Å². The van der Waals surface area contributed by atoms with Crippen molar-refractivity contribution < 1.29 is 9.59 Å². The molecule has 25 heavy (non-hydrogen) atoms. The predicted octanol–water partition coefficient (Wildman–Crippen LogP) is 3.89. The minimum Gasteiger partial charge on any atom is -0.384 e. The molecule has 2 aromatic rings. The van der Waals surface area contributed by atoms with E-state index in [0.717, 1.165) is 24.3 Å². The molecule has 1 heterocycles. The Morgan fingerprint density at radius 3 is 2.40 bits per heavy atom. The first kappa shape index (κ1) is 17.0. The van der Waals surface area contributed by atoms with E-state index in [1.807, 2.05) is 32.0 Å². The van der Waals surface area contributed by atoms with Crippen molar-refractivity contribution >= 4 is 28.9 Å². The molecular formula is C20H23N3O2. The molecule has 3 rings (SSSR count). The van der Waals surface area contributed by atoms with E-state index in [-0.39, 0.29) is 11.8 Å². The molecule has 0 spiro atoms. The Balaban J connectivity index is 1.61. The Morgan fingerprint density at radius 2 is 1.72 bits per heavy atom. The zero-order valence-electron chi connectivity index (χ0n) is 14.6. The molecule has 0 bridgehead atoms. The largest absolute Gasteiger partial charge is 0.384 e. The number of anilines is 3. The second-order valence-electron chi connectivity index (χ2n) is 6.73. The van der Waals surface area contributed by atoms with E-state index in [2.05, 4.69) is 16.0 Å². The lowest BCUT2D eigenvalue weighted by Gasteiger charge is -2.09. The topological polar surface area (TPSA) is 70.2 Å². The van der Waals surface area contributed by atoms with Crippen LogP contribution < -0.4 is 16.0 Å². The summed E-state index contributed by atoms with van der Waals surface area (Å²) in [6.07, 6.45) is 1.44. The van der Waals surface area contributed by atoms with Gasteiger partial charge in [-0.25, -0.2) is 0 Å². The lowest BCUT2D eigenvalue weighted by atomic mass is 10.1. The Bertz CT molecular complexity index is 782. The summed E-state index contributed by atoms with van der Waals surface area (Å²) in [6, 6.07) is 12.9. The van der Waals surface area contributed by atoms with Crippen LogP contribution >= 0.6 is 0 Å².